The summed E-state index contributed by atoms with van der Waals surface area (Å²) in [5, 5.41) is 0. The molecule has 1 aliphatic rings. The van der Waals surface area contributed by atoms with E-state index in [2.05, 4.69) is 19.1 Å². The Labute approximate surface area is 105 Å². The zero-order valence-electron chi connectivity index (χ0n) is 11.0. The van der Waals surface area contributed by atoms with Crippen molar-refractivity contribution < 1.29 is 9.53 Å². The lowest BCUT2D eigenvalue weighted by atomic mass is 9.79. The summed E-state index contributed by atoms with van der Waals surface area (Å²) in [5.41, 5.74) is 0.823. The van der Waals surface area contributed by atoms with E-state index in [1.807, 2.05) is 0 Å². The highest BCUT2D eigenvalue weighted by molar-refractivity contribution is 5.73. The summed E-state index contributed by atoms with van der Waals surface area (Å²) in [5.74, 6) is 1.12. The Morgan fingerprint density at radius 2 is 2.00 bits per heavy atom. The molecule has 0 aromatic carbocycles. The van der Waals surface area contributed by atoms with Gasteiger partial charge < -0.3 is 4.74 Å². The molecule has 0 unspecified atom stereocenters. The molecule has 96 valence electrons. The van der Waals surface area contributed by atoms with Crippen molar-refractivity contribution in [1.29, 1.82) is 0 Å². The summed E-state index contributed by atoms with van der Waals surface area (Å²) in [6.07, 6.45) is 14.2. The fourth-order valence-electron chi connectivity index (χ4n) is 2.46. The summed E-state index contributed by atoms with van der Waals surface area (Å²) in [4.78, 5) is 10.9. The lowest BCUT2D eigenvalue weighted by Crippen LogP contribution is -2.15. The molecule has 0 heterocycles. The average Bonchev–Trinajstić information content (AvgIpc) is 2.37. The van der Waals surface area contributed by atoms with Crippen LogP contribution in [0.3, 0.4) is 0 Å². The predicted octanol–water partition coefficient (Wildman–Crippen LogP) is 3.88. The van der Waals surface area contributed by atoms with Gasteiger partial charge in [-0.25, -0.2) is 0 Å². The van der Waals surface area contributed by atoms with Gasteiger partial charge in [-0.1, -0.05) is 25.5 Å². The molecule has 0 radical (unpaired) electrons. The highest BCUT2D eigenvalue weighted by atomic mass is 16.5. The monoisotopic (exact) mass is 236 g/mol. The molecule has 0 bridgehead atoms. The van der Waals surface area contributed by atoms with E-state index in [1.165, 1.54) is 25.7 Å². The highest BCUT2D eigenvalue weighted by Gasteiger charge is 2.22. The first-order chi connectivity index (χ1) is 8.31. The van der Waals surface area contributed by atoms with Gasteiger partial charge in [-0.05, 0) is 43.9 Å². The van der Waals surface area contributed by atoms with Crippen LogP contribution >= 0.6 is 0 Å². The number of hydrogen-bond acceptors (Lipinski definition) is 2. The van der Waals surface area contributed by atoms with Gasteiger partial charge in [0.25, 0.3) is 0 Å². The standard InChI is InChI=1S/C15H24O2/c1-3-4-5-6-13-7-9-14(10-8-13)15(11-16)12-17-2/h5-6,11-14H,3-4,7-10H2,1-2H3/b6-5+,15-12-. The van der Waals surface area contributed by atoms with Gasteiger partial charge in [0.1, 0.15) is 6.29 Å². The number of hydrogen-bond donors (Lipinski definition) is 0. The topological polar surface area (TPSA) is 26.3 Å². The van der Waals surface area contributed by atoms with Crippen molar-refractivity contribution >= 4 is 6.29 Å². The van der Waals surface area contributed by atoms with Crippen molar-refractivity contribution in [2.24, 2.45) is 11.8 Å². The van der Waals surface area contributed by atoms with E-state index in [9.17, 15) is 4.79 Å². The Balaban J connectivity index is 2.39. The maximum atomic E-state index is 10.9. The molecule has 0 aromatic rings. The number of aldehydes is 1. The Bertz CT molecular complexity index is 271. The summed E-state index contributed by atoms with van der Waals surface area (Å²) >= 11 is 0. The molecule has 2 nitrogen and oxygen atoms in total. The van der Waals surface area contributed by atoms with Gasteiger partial charge in [-0.2, -0.15) is 0 Å². The number of carbonyl (C=O) groups is 1. The Morgan fingerprint density at radius 3 is 2.53 bits per heavy atom. The van der Waals surface area contributed by atoms with Crippen molar-refractivity contribution in [1.82, 2.24) is 0 Å². The number of rotatable bonds is 6. The van der Waals surface area contributed by atoms with Gasteiger partial charge in [-0.3, -0.25) is 4.79 Å². The number of ether oxygens (including phenoxy) is 1. The van der Waals surface area contributed by atoms with E-state index >= 15 is 0 Å². The van der Waals surface area contributed by atoms with E-state index in [0.717, 1.165) is 24.7 Å². The third-order valence-corrected chi connectivity index (χ3v) is 3.50. The quantitative estimate of drug-likeness (QED) is 0.303. The molecule has 0 saturated heterocycles. The van der Waals surface area contributed by atoms with Gasteiger partial charge in [0.05, 0.1) is 13.4 Å². The molecule has 1 fully saturated rings. The molecule has 0 aliphatic heterocycles. The zero-order valence-corrected chi connectivity index (χ0v) is 11.0. The smallest absolute Gasteiger partial charge is 0.149 e. The van der Waals surface area contributed by atoms with E-state index in [-0.39, 0.29) is 0 Å². The molecule has 2 heteroatoms. The number of allylic oxidation sites excluding steroid dienone is 3. The van der Waals surface area contributed by atoms with Crippen LogP contribution in [0.5, 0.6) is 0 Å². The van der Waals surface area contributed by atoms with Gasteiger partial charge in [0.2, 0.25) is 0 Å². The second-order valence-electron chi connectivity index (χ2n) is 4.80. The first-order valence-electron chi connectivity index (χ1n) is 6.66. The lowest BCUT2D eigenvalue weighted by Gasteiger charge is -2.26. The minimum absolute atomic E-state index is 0.406. The third kappa shape index (κ3) is 4.76. The second kappa shape index (κ2) is 8.10. The SMILES string of the molecule is CCC/C=C/C1CCC(/C(C=O)=C\OC)CC1. The first-order valence-corrected chi connectivity index (χ1v) is 6.66. The Morgan fingerprint density at radius 1 is 1.29 bits per heavy atom. The molecule has 1 aliphatic carbocycles. The minimum Gasteiger partial charge on any atom is -0.504 e. The molecular formula is C15H24O2. The van der Waals surface area contributed by atoms with Crippen LogP contribution in [0.2, 0.25) is 0 Å². The molecule has 17 heavy (non-hydrogen) atoms. The van der Waals surface area contributed by atoms with Crippen molar-refractivity contribution in [2.45, 2.75) is 45.4 Å². The van der Waals surface area contributed by atoms with Crippen LogP contribution < -0.4 is 0 Å². The van der Waals surface area contributed by atoms with E-state index < -0.39 is 0 Å². The maximum Gasteiger partial charge on any atom is 0.149 e. The third-order valence-electron chi connectivity index (χ3n) is 3.50. The van der Waals surface area contributed by atoms with Crippen LogP contribution in [0.4, 0.5) is 0 Å². The van der Waals surface area contributed by atoms with E-state index in [1.54, 1.807) is 13.4 Å². The van der Waals surface area contributed by atoms with Gasteiger partial charge in [0, 0.05) is 5.57 Å². The van der Waals surface area contributed by atoms with E-state index in [4.69, 9.17) is 4.74 Å². The Kier molecular flexibility index (Phi) is 6.68. The van der Waals surface area contributed by atoms with Crippen LogP contribution in [0, 0.1) is 11.8 Å². The summed E-state index contributed by atoms with van der Waals surface area (Å²) < 4.78 is 4.95. The normalized spacial score (nSPS) is 26.1. The van der Waals surface area contributed by atoms with Gasteiger partial charge in [0.15, 0.2) is 0 Å². The highest BCUT2D eigenvalue weighted by Crippen LogP contribution is 2.33. The molecule has 0 amide bonds. The Hall–Kier alpha value is -1.05. The van der Waals surface area contributed by atoms with Gasteiger partial charge >= 0.3 is 0 Å². The van der Waals surface area contributed by atoms with Crippen molar-refractivity contribution in [3.63, 3.8) is 0 Å². The van der Waals surface area contributed by atoms with Crippen LogP contribution in [0.25, 0.3) is 0 Å². The molecule has 0 aromatic heterocycles. The predicted molar refractivity (Wildman–Crippen MR) is 70.7 cm³/mol. The molecule has 0 atom stereocenters. The number of carbonyl (C=O) groups excluding carboxylic acids is 1. The molecule has 0 spiro atoms. The van der Waals surface area contributed by atoms with Gasteiger partial charge in [-0.15, -0.1) is 0 Å². The number of unbranched alkanes of at least 4 members (excludes halogenated alkanes) is 1. The maximum absolute atomic E-state index is 10.9. The first kappa shape index (κ1) is 14.0. The lowest BCUT2D eigenvalue weighted by molar-refractivity contribution is -0.105. The van der Waals surface area contributed by atoms with Crippen LogP contribution in [0.15, 0.2) is 24.0 Å². The largest absolute Gasteiger partial charge is 0.504 e. The second-order valence-corrected chi connectivity index (χ2v) is 4.80. The fourth-order valence-corrected chi connectivity index (χ4v) is 2.46. The summed E-state index contributed by atoms with van der Waals surface area (Å²) in [6.45, 7) is 2.20. The van der Waals surface area contributed by atoms with Crippen molar-refractivity contribution in [2.75, 3.05) is 7.11 Å². The minimum atomic E-state index is 0.406. The zero-order chi connectivity index (χ0) is 12.5. The molecule has 0 N–H and O–H groups in total. The molecule has 1 saturated carbocycles. The van der Waals surface area contributed by atoms with E-state index in [0.29, 0.717) is 11.8 Å². The summed E-state index contributed by atoms with van der Waals surface area (Å²) in [7, 11) is 1.60. The van der Waals surface area contributed by atoms with Crippen LogP contribution in [0.1, 0.15) is 45.4 Å². The number of methoxy groups -OCH3 is 1. The fraction of sp³-hybridized carbons (Fsp3) is 0.667. The summed E-state index contributed by atoms with van der Waals surface area (Å²) in [6, 6.07) is 0. The average molecular weight is 236 g/mol. The molecular weight excluding hydrogens is 212 g/mol. The van der Waals surface area contributed by atoms with Crippen molar-refractivity contribution in [3.05, 3.63) is 24.0 Å². The van der Waals surface area contributed by atoms with Crippen LogP contribution in [-0.4, -0.2) is 13.4 Å². The molecule has 1 rings (SSSR count). The van der Waals surface area contributed by atoms with Crippen molar-refractivity contribution in [3.8, 4) is 0 Å². The van der Waals surface area contributed by atoms with Crippen LogP contribution in [-0.2, 0) is 9.53 Å².